The Morgan fingerprint density at radius 3 is 2.54 bits per heavy atom. The van der Waals surface area contributed by atoms with Crippen LogP contribution in [0.5, 0.6) is 0 Å². The lowest BCUT2D eigenvalue weighted by Gasteiger charge is -2.06. The average Bonchev–Trinajstić information content (AvgIpc) is 3.22. The molecule has 0 unspecified atom stereocenters. The van der Waals surface area contributed by atoms with Crippen LogP contribution in [0.25, 0.3) is 0 Å². The Bertz CT molecular complexity index is 917. The molecule has 0 aliphatic carbocycles. The Hall–Kier alpha value is -3.13. The van der Waals surface area contributed by atoms with Crippen LogP contribution >= 0.6 is 11.6 Å². The summed E-state index contributed by atoms with van der Waals surface area (Å²) in [5, 5.41) is 13.2. The quantitative estimate of drug-likeness (QED) is 0.667. The van der Waals surface area contributed by atoms with E-state index in [1.807, 2.05) is 24.3 Å². The van der Waals surface area contributed by atoms with E-state index in [-0.39, 0.29) is 12.4 Å². The minimum Gasteiger partial charge on any atom is -0.360 e. The summed E-state index contributed by atoms with van der Waals surface area (Å²) in [7, 11) is 0. The molecular formula is C17H16ClN5O3. The van der Waals surface area contributed by atoms with Crippen molar-refractivity contribution < 1.29 is 14.1 Å². The third-order valence-electron chi connectivity index (χ3n) is 3.50. The van der Waals surface area contributed by atoms with Gasteiger partial charge in [-0.15, -0.1) is 0 Å². The van der Waals surface area contributed by atoms with Crippen molar-refractivity contribution in [3.63, 3.8) is 0 Å². The Labute approximate surface area is 154 Å². The monoisotopic (exact) mass is 373 g/mol. The van der Waals surface area contributed by atoms with Crippen LogP contribution in [0.3, 0.4) is 0 Å². The van der Waals surface area contributed by atoms with E-state index in [9.17, 15) is 9.59 Å². The molecule has 0 saturated carbocycles. The molecule has 3 rings (SSSR count). The number of nitrogens with one attached hydrogen (secondary N) is 2. The van der Waals surface area contributed by atoms with E-state index >= 15 is 0 Å². The van der Waals surface area contributed by atoms with Gasteiger partial charge in [0, 0.05) is 18.8 Å². The molecule has 8 nitrogen and oxygen atoms in total. The average molecular weight is 374 g/mol. The van der Waals surface area contributed by atoms with E-state index in [0.717, 1.165) is 11.1 Å². The number of carbonyl (C=O) groups excluding carboxylic acids is 2. The van der Waals surface area contributed by atoms with Crippen LogP contribution in [0, 0.1) is 6.92 Å². The van der Waals surface area contributed by atoms with E-state index in [4.69, 9.17) is 16.1 Å². The first-order chi connectivity index (χ1) is 12.5. The van der Waals surface area contributed by atoms with Crippen LogP contribution in [0.2, 0.25) is 5.02 Å². The summed E-state index contributed by atoms with van der Waals surface area (Å²) in [6.45, 7) is 2.52. The summed E-state index contributed by atoms with van der Waals surface area (Å²) in [6.07, 6.45) is 3.32. The van der Waals surface area contributed by atoms with Gasteiger partial charge in [0.1, 0.15) is 5.76 Å². The van der Waals surface area contributed by atoms with Gasteiger partial charge in [-0.05, 0) is 18.1 Å². The fourth-order valence-corrected chi connectivity index (χ4v) is 2.39. The van der Waals surface area contributed by atoms with Crippen LogP contribution in [-0.4, -0.2) is 26.8 Å². The second kappa shape index (κ2) is 7.83. The first-order valence-electron chi connectivity index (χ1n) is 7.78. The van der Waals surface area contributed by atoms with Gasteiger partial charge in [0.15, 0.2) is 5.82 Å². The Kier molecular flexibility index (Phi) is 5.33. The van der Waals surface area contributed by atoms with Crippen LogP contribution in [-0.2, 0) is 22.7 Å². The number of nitrogens with zero attached hydrogens (tertiary/aromatic N) is 3. The van der Waals surface area contributed by atoms with Crippen molar-refractivity contribution in [2.45, 2.75) is 20.0 Å². The highest BCUT2D eigenvalue weighted by atomic mass is 35.5. The molecule has 0 saturated heterocycles. The van der Waals surface area contributed by atoms with Crippen molar-refractivity contribution in [1.29, 1.82) is 0 Å². The van der Waals surface area contributed by atoms with Crippen molar-refractivity contribution in [2.24, 2.45) is 0 Å². The maximum atomic E-state index is 11.8. The van der Waals surface area contributed by atoms with Crippen molar-refractivity contribution in [3.05, 3.63) is 64.6 Å². The number of carbonyl (C=O) groups is 2. The van der Waals surface area contributed by atoms with E-state index < -0.39 is 11.8 Å². The third-order valence-corrected chi connectivity index (χ3v) is 3.69. The number of rotatable bonds is 5. The molecule has 0 bridgehead atoms. The van der Waals surface area contributed by atoms with Crippen molar-refractivity contribution in [2.75, 3.05) is 5.32 Å². The number of aromatic nitrogens is 3. The first-order valence-corrected chi connectivity index (χ1v) is 8.15. The molecule has 0 aliphatic heterocycles. The first kappa shape index (κ1) is 17.7. The summed E-state index contributed by atoms with van der Waals surface area (Å²) >= 11 is 5.84. The van der Waals surface area contributed by atoms with Crippen molar-refractivity contribution in [1.82, 2.24) is 20.3 Å². The Morgan fingerprint density at radius 2 is 1.92 bits per heavy atom. The Balaban J connectivity index is 1.49. The number of anilines is 1. The molecule has 9 heteroatoms. The zero-order chi connectivity index (χ0) is 18.5. The molecule has 3 aromatic rings. The number of halogens is 1. The van der Waals surface area contributed by atoms with Gasteiger partial charge in [-0.25, -0.2) is 0 Å². The summed E-state index contributed by atoms with van der Waals surface area (Å²) in [4.78, 5) is 23.6. The molecule has 0 spiro atoms. The fourth-order valence-electron chi connectivity index (χ4n) is 2.24. The van der Waals surface area contributed by atoms with Crippen LogP contribution < -0.4 is 10.6 Å². The second-order valence-corrected chi connectivity index (χ2v) is 6.07. The van der Waals surface area contributed by atoms with Crippen molar-refractivity contribution >= 4 is 29.2 Å². The second-order valence-electron chi connectivity index (χ2n) is 5.63. The van der Waals surface area contributed by atoms with Crippen LogP contribution in [0.4, 0.5) is 5.82 Å². The number of amides is 2. The summed E-state index contributed by atoms with van der Waals surface area (Å²) < 4.78 is 6.55. The highest BCUT2D eigenvalue weighted by molar-refractivity contribution is 6.39. The molecule has 0 aliphatic rings. The van der Waals surface area contributed by atoms with Gasteiger partial charge in [0.2, 0.25) is 0 Å². The SMILES string of the molecule is Cc1cc(NC(=O)C(=O)NCc2ccc(Cn3cc(Cl)cn3)cc2)no1. The molecule has 1 aromatic carbocycles. The maximum absolute atomic E-state index is 11.8. The normalized spacial score (nSPS) is 10.5. The minimum atomic E-state index is -0.800. The lowest BCUT2D eigenvalue weighted by atomic mass is 10.1. The highest BCUT2D eigenvalue weighted by Gasteiger charge is 2.15. The predicted molar refractivity (Wildman–Crippen MR) is 94.5 cm³/mol. The van der Waals surface area contributed by atoms with Gasteiger partial charge in [0.25, 0.3) is 0 Å². The highest BCUT2D eigenvalue weighted by Crippen LogP contribution is 2.10. The molecule has 0 atom stereocenters. The molecule has 2 amide bonds. The minimum absolute atomic E-state index is 0.200. The van der Waals surface area contributed by atoms with E-state index in [0.29, 0.717) is 17.3 Å². The largest absolute Gasteiger partial charge is 0.360 e. The molecule has 2 aromatic heterocycles. The van der Waals surface area contributed by atoms with Gasteiger partial charge in [-0.1, -0.05) is 41.0 Å². The molecule has 0 radical (unpaired) electrons. The molecule has 2 heterocycles. The molecule has 134 valence electrons. The third kappa shape index (κ3) is 4.70. The number of aryl methyl sites for hydroxylation is 1. The molecule has 2 N–H and O–H groups in total. The van der Waals surface area contributed by atoms with E-state index in [1.54, 1.807) is 24.0 Å². The summed E-state index contributed by atoms with van der Waals surface area (Å²) in [5.41, 5.74) is 1.91. The fraction of sp³-hybridized carbons (Fsp3) is 0.176. The van der Waals surface area contributed by atoms with Crippen LogP contribution in [0.15, 0.2) is 47.2 Å². The predicted octanol–water partition coefficient (Wildman–Crippen LogP) is 2.14. The topological polar surface area (TPSA) is 102 Å². The van der Waals surface area contributed by atoms with Crippen LogP contribution in [0.1, 0.15) is 16.9 Å². The maximum Gasteiger partial charge on any atom is 0.314 e. The number of hydrogen-bond donors (Lipinski definition) is 2. The van der Waals surface area contributed by atoms with Gasteiger partial charge >= 0.3 is 11.8 Å². The lowest BCUT2D eigenvalue weighted by Crippen LogP contribution is -2.35. The summed E-state index contributed by atoms with van der Waals surface area (Å²) in [6, 6.07) is 9.13. The van der Waals surface area contributed by atoms with Gasteiger partial charge < -0.3 is 9.84 Å². The summed E-state index contributed by atoms with van der Waals surface area (Å²) in [5.74, 6) is -0.810. The van der Waals surface area contributed by atoms with Crippen molar-refractivity contribution in [3.8, 4) is 0 Å². The lowest BCUT2D eigenvalue weighted by molar-refractivity contribution is -0.136. The van der Waals surface area contributed by atoms with Gasteiger partial charge in [0.05, 0.1) is 17.8 Å². The smallest absolute Gasteiger partial charge is 0.314 e. The zero-order valence-corrected chi connectivity index (χ0v) is 14.7. The molecular weight excluding hydrogens is 358 g/mol. The van der Waals surface area contributed by atoms with Gasteiger partial charge in [-0.3, -0.25) is 19.6 Å². The standard InChI is InChI=1S/C17H16ClN5O3/c1-11-6-15(22-26-11)21-17(25)16(24)19-7-12-2-4-13(5-3-12)9-23-10-14(18)8-20-23/h2-6,8,10H,7,9H2,1H3,(H,19,24)(H,21,22,25). The molecule has 26 heavy (non-hydrogen) atoms. The number of hydrogen-bond acceptors (Lipinski definition) is 5. The Morgan fingerprint density at radius 1 is 1.19 bits per heavy atom. The van der Waals surface area contributed by atoms with Gasteiger partial charge in [-0.2, -0.15) is 5.10 Å². The van der Waals surface area contributed by atoms with E-state index in [1.165, 1.54) is 6.07 Å². The number of benzene rings is 1. The molecule has 0 fully saturated rings. The zero-order valence-electron chi connectivity index (χ0n) is 13.9. The van der Waals surface area contributed by atoms with E-state index in [2.05, 4.69) is 20.9 Å².